The molecule has 1 aromatic carbocycles. The molecule has 0 saturated heterocycles. The third kappa shape index (κ3) is 3.47. The maximum atomic E-state index is 11.7. The van der Waals surface area contributed by atoms with E-state index in [1.54, 1.807) is 0 Å². The van der Waals surface area contributed by atoms with Gasteiger partial charge in [0, 0.05) is 19.5 Å². The molecule has 6 nitrogen and oxygen atoms in total. The number of aromatic nitrogens is 2. The Balaban J connectivity index is 1.90. The number of carboxylic acid groups (broad SMARTS) is 1. The molecule has 25 heavy (non-hydrogen) atoms. The minimum Gasteiger partial charge on any atom is -0.491 e. The lowest BCUT2D eigenvalue weighted by molar-refractivity contribution is 0.0862. The van der Waals surface area contributed by atoms with Gasteiger partial charge < -0.3 is 14.4 Å². The molecule has 0 saturated carbocycles. The van der Waals surface area contributed by atoms with Gasteiger partial charge in [-0.15, -0.1) is 0 Å². The highest BCUT2D eigenvalue weighted by Gasteiger charge is 2.35. The van der Waals surface area contributed by atoms with E-state index < -0.39 is 6.09 Å². The molecular weight excluding hydrogens is 433 g/mol. The van der Waals surface area contributed by atoms with E-state index >= 15 is 0 Å². The van der Waals surface area contributed by atoms with Crippen LogP contribution in [0.1, 0.15) is 35.6 Å². The highest BCUT2D eigenvalue weighted by atomic mass is 127. The van der Waals surface area contributed by atoms with Gasteiger partial charge >= 0.3 is 6.09 Å². The van der Waals surface area contributed by atoms with Gasteiger partial charge in [0.1, 0.15) is 27.9 Å². The van der Waals surface area contributed by atoms with Crippen LogP contribution < -0.4 is 4.74 Å². The molecule has 1 N–H and O–H groups in total. The summed E-state index contributed by atoms with van der Waals surface area (Å²) in [6, 6.07) is 5.58. The highest BCUT2D eigenvalue weighted by Crippen LogP contribution is 2.31. The second kappa shape index (κ2) is 7.23. The first kappa shape index (κ1) is 18.0. The molecule has 2 heterocycles. The number of halogens is 1. The molecule has 1 amide bonds. The summed E-state index contributed by atoms with van der Waals surface area (Å²) < 4.78 is 8.97. The molecule has 0 aliphatic carbocycles. The molecule has 0 radical (unpaired) electrons. The van der Waals surface area contributed by atoms with Crippen LogP contribution in [0.2, 0.25) is 0 Å². The number of nitrogens with zero attached hydrogens (tertiary/aromatic N) is 3. The number of ether oxygens (including phenoxy) is 1. The van der Waals surface area contributed by atoms with Gasteiger partial charge in [-0.05, 0) is 59.7 Å². The van der Waals surface area contributed by atoms with E-state index in [2.05, 4.69) is 46.0 Å². The smallest absolute Gasteiger partial charge is 0.408 e. The highest BCUT2D eigenvalue weighted by molar-refractivity contribution is 14.1. The molecule has 0 fully saturated rings. The fourth-order valence-electron chi connectivity index (χ4n) is 3.21. The molecule has 1 atom stereocenters. The SMILES string of the molecule is CCc1nc(I)c2n1CCN(C(=O)O)C2COc1ccc(C)c(C)c1. The Kier molecular flexibility index (Phi) is 5.21. The summed E-state index contributed by atoms with van der Waals surface area (Å²) in [5, 5.41) is 9.61. The molecule has 2 aromatic rings. The Labute approximate surface area is 160 Å². The number of hydrogen-bond acceptors (Lipinski definition) is 3. The molecule has 1 aliphatic rings. The first-order chi connectivity index (χ1) is 11.9. The third-order valence-corrected chi connectivity index (χ3v) is 5.54. The molecule has 0 spiro atoms. The summed E-state index contributed by atoms with van der Waals surface area (Å²) in [5.74, 6) is 1.76. The van der Waals surface area contributed by atoms with Gasteiger partial charge in [0.05, 0.1) is 5.69 Å². The van der Waals surface area contributed by atoms with Gasteiger partial charge in [-0.1, -0.05) is 13.0 Å². The summed E-state index contributed by atoms with van der Waals surface area (Å²) in [6.45, 7) is 7.52. The van der Waals surface area contributed by atoms with Crippen molar-refractivity contribution in [2.24, 2.45) is 0 Å². The fourth-order valence-corrected chi connectivity index (χ4v) is 4.14. The van der Waals surface area contributed by atoms with Crippen LogP contribution in [0.25, 0.3) is 0 Å². The minimum atomic E-state index is -0.921. The number of benzene rings is 1. The number of imidazole rings is 1. The van der Waals surface area contributed by atoms with Crippen LogP contribution in [0.3, 0.4) is 0 Å². The lowest BCUT2D eigenvalue weighted by Crippen LogP contribution is -2.44. The normalized spacial score (nSPS) is 16.6. The number of fused-ring (bicyclic) bond motifs is 1. The van der Waals surface area contributed by atoms with E-state index in [-0.39, 0.29) is 12.6 Å². The average Bonchev–Trinajstić information content (AvgIpc) is 2.92. The van der Waals surface area contributed by atoms with Crippen molar-refractivity contribution in [2.75, 3.05) is 13.2 Å². The largest absolute Gasteiger partial charge is 0.491 e. The van der Waals surface area contributed by atoms with Gasteiger partial charge in [-0.25, -0.2) is 9.78 Å². The predicted octanol–water partition coefficient (Wildman–Crippen LogP) is 3.78. The van der Waals surface area contributed by atoms with Crippen molar-refractivity contribution in [3.05, 3.63) is 44.5 Å². The van der Waals surface area contributed by atoms with Crippen LogP contribution in [0, 0.1) is 17.5 Å². The summed E-state index contributed by atoms with van der Waals surface area (Å²) in [6.07, 6.45) is -0.0941. The zero-order valence-electron chi connectivity index (χ0n) is 14.6. The van der Waals surface area contributed by atoms with Crippen LogP contribution in [0.15, 0.2) is 18.2 Å². The number of rotatable bonds is 4. The van der Waals surface area contributed by atoms with Crippen LogP contribution in [0.5, 0.6) is 5.75 Å². The molecule has 3 rings (SSSR count). The van der Waals surface area contributed by atoms with Crippen LogP contribution in [0.4, 0.5) is 4.79 Å². The zero-order chi connectivity index (χ0) is 18.1. The van der Waals surface area contributed by atoms with E-state index in [0.29, 0.717) is 13.1 Å². The Bertz CT molecular complexity index is 803. The van der Waals surface area contributed by atoms with E-state index in [4.69, 9.17) is 4.74 Å². The standard InChI is InChI=1S/C18H22IN3O3/c1-4-15-20-17(19)16-14(21(18(23)24)7-8-22(15)16)10-25-13-6-5-11(2)12(3)9-13/h5-6,9,14H,4,7-8,10H2,1-3H3,(H,23,24). The molecule has 7 heteroatoms. The van der Waals surface area contributed by atoms with Gasteiger partial charge in [0.2, 0.25) is 0 Å². The Morgan fingerprint density at radius 2 is 2.12 bits per heavy atom. The lowest BCUT2D eigenvalue weighted by Gasteiger charge is -2.35. The van der Waals surface area contributed by atoms with Crippen molar-refractivity contribution >= 4 is 28.7 Å². The summed E-state index contributed by atoms with van der Waals surface area (Å²) in [4.78, 5) is 17.8. The summed E-state index contributed by atoms with van der Waals surface area (Å²) in [7, 11) is 0. The maximum absolute atomic E-state index is 11.7. The Morgan fingerprint density at radius 1 is 1.36 bits per heavy atom. The molecule has 1 aromatic heterocycles. The maximum Gasteiger partial charge on any atom is 0.408 e. The number of hydrogen-bond donors (Lipinski definition) is 1. The van der Waals surface area contributed by atoms with Crippen molar-refractivity contribution < 1.29 is 14.6 Å². The van der Waals surface area contributed by atoms with Gasteiger partial charge in [-0.2, -0.15) is 0 Å². The average molecular weight is 455 g/mol. The quantitative estimate of drug-likeness (QED) is 0.713. The number of aryl methyl sites for hydroxylation is 3. The van der Waals surface area contributed by atoms with E-state index in [0.717, 1.165) is 33.0 Å². The molecular formula is C18H22IN3O3. The second-order valence-corrected chi connectivity index (χ2v) is 7.28. The van der Waals surface area contributed by atoms with Crippen LogP contribution in [-0.4, -0.2) is 38.8 Å². The van der Waals surface area contributed by atoms with Crippen LogP contribution >= 0.6 is 22.6 Å². The molecule has 134 valence electrons. The molecule has 1 unspecified atom stereocenters. The topological polar surface area (TPSA) is 67.6 Å². The molecule has 1 aliphatic heterocycles. The first-order valence-corrected chi connectivity index (χ1v) is 9.44. The predicted molar refractivity (Wildman–Crippen MR) is 103 cm³/mol. The second-order valence-electron chi connectivity index (χ2n) is 6.26. The monoisotopic (exact) mass is 455 g/mol. The summed E-state index contributed by atoms with van der Waals surface area (Å²) in [5.41, 5.74) is 3.30. The van der Waals surface area contributed by atoms with Gasteiger partial charge in [0.25, 0.3) is 0 Å². The van der Waals surface area contributed by atoms with Crippen molar-refractivity contribution in [3.8, 4) is 5.75 Å². The van der Waals surface area contributed by atoms with E-state index in [1.807, 2.05) is 25.1 Å². The zero-order valence-corrected chi connectivity index (χ0v) is 16.8. The van der Waals surface area contributed by atoms with Crippen molar-refractivity contribution in [3.63, 3.8) is 0 Å². The van der Waals surface area contributed by atoms with Crippen molar-refractivity contribution in [2.45, 2.75) is 39.8 Å². The van der Waals surface area contributed by atoms with Crippen molar-refractivity contribution in [1.29, 1.82) is 0 Å². The Morgan fingerprint density at radius 3 is 2.76 bits per heavy atom. The third-order valence-electron chi connectivity index (χ3n) is 4.75. The fraction of sp³-hybridized carbons (Fsp3) is 0.444. The number of amides is 1. The molecule has 0 bridgehead atoms. The lowest BCUT2D eigenvalue weighted by atomic mass is 10.1. The Hall–Kier alpha value is -1.77. The first-order valence-electron chi connectivity index (χ1n) is 8.36. The number of carbonyl (C=O) groups is 1. The summed E-state index contributed by atoms with van der Waals surface area (Å²) >= 11 is 2.19. The van der Waals surface area contributed by atoms with E-state index in [1.165, 1.54) is 10.5 Å². The minimum absolute atomic E-state index is 0.277. The van der Waals surface area contributed by atoms with Gasteiger partial charge in [0.15, 0.2) is 0 Å². The van der Waals surface area contributed by atoms with Gasteiger partial charge in [-0.3, -0.25) is 4.90 Å². The van der Waals surface area contributed by atoms with E-state index in [9.17, 15) is 9.90 Å². The van der Waals surface area contributed by atoms with Crippen molar-refractivity contribution in [1.82, 2.24) is 14.5 Å². The van der Waals surface area contributed by atoms with Crippen LogP contribution in [-0.2, 0) is 13.0 Å².